The van der Waals surface area contributed by atoms with Gasteiger partial charge in [0.15, 0.2) is 0 Å². The van der Waals surface area contributed by atoms with Gasteiger partial charge in [-0.25, -0.2) is 14.5 Å². The first-order valence-electron chi connectivity index (χ1n) is 11.6. The number of fused-ring (bicyclic) bond motifs is 2. The number of carbonyl (C=O) groups is 4. The van der Waals surface area contributed by atoms with Crippen molar-refractivity contribution < 1.29 is 37.1 Å². The Morgan fingerprint density at radius 1 is 1.21 bits per heavy atom. The average Bonchev–Trinajstić information content (AvgIpc) is 3.33. The number of halogens is 4. The van der Waals surface area contributed by atoms with Gasteiger partial charge >= 0.3 is 18.3 Å². The van der Waals surface area contributed by atoms with Crippen LogP contribution in [0.2, 0.25) is 5.02 Å². The summed E-state index contributed by atoms with van der Waals surface area (Å²) in [7, 11) is 1.45. The number of urea groups is 1. The van der Waals surface area contributed by atoms with Gasteiger partial charge in [0, 0.05) is 36.3 Å². The van der Waals surface area contributed by atoms with Crippen LogP contribution in [0.25, 0.3) is 0 Å². The van der Waals surface area contributed by atoms with Gasteiger partial charge in [-0.15, -0.1) is 0 Å². The van der Waals surface area contributed by atoms with Crippen molar-refractivity contribution in [3.63, 3.8) is 0 Å². The summed E-state index contributed by atoms with van der Waals surface area (Å²) in [6.45, 7) is -0.538. The lowest BCUT2D eigenvalue weighted by Crippen LogP contribution is -2.51. The van der Waals surface area contributed by atoms with Gasteiger partial charge in [-0.3, -0.25) is 9.59 Å². The van der Waals surface area contributed by atoms with Crippen LogP contribution in [0, 0.1) is 0 Å². The summed E-state index contributed by atoms with van der Waals surface area (Å²) in [5.74, 6) is -1.91. The molecule has 2 aromatic carbocycles. The largest absolute Gasteiger partial charge is 0.427 e. The number of anilines is 1. The number of ether oxygens (including phenoxy) is 1. The summed E-state index contributed by atoms with van der Waals surface area (Å²) in [5.41, 5.74) is 0.168. The molecule has 4 rings (SSSR count). The molecule has 5 amide bonds. The average molecular weight is 553 g/mol. The van der Waals surface area contributed by atoms with E-state index < -0.39 is 54.8 Å². The molecule has 1 spiro atoms. The van der Waals surface area contributed by atoms with Crippen LogP contribution in [-0.2, 0) is 32.9 Å². The van der Waals surface area contributed by atoms with Gasteiger partial charge in [0.05, 0.1) is 0 Å². The molecule has 2 N–H and O–H groups in total. The zero-order valence-corrected chi connectivity index (χ0v) is 21.2. The quantitative estimate of drug-likeness (QED) is 0.559. The van der Waals surface area contributed by atoms with Crippen molar-refractivity contribution in [2.24, 2.45) is 0 Å². The number of hydrogen-bond donors (Lipinski definition) is 2. The maximum atomic E-state index is 13.6. The van der Waals surface area contributed by atoms with Crippen molar-refractivity contribution in [1.29, 1.82) is 0 Å². The van der Waals surface area contributed by atoms with Crippen molar-refractivity contribution in [2.45, 2.75) is 44.1 Å². The molecule has 0 saturated carbocycles. The van der Waals surface area contributed by atoms with E-state index in [0.717, 1.165) is 6.92 Å². The molecule has 38 heavy (non-hydrogen) atoms. The third kappa shape index (κ3) is 5.13. The number of alkyl halides is 3. The number of amides is 5. The molecule has 13 heteroatoms. The topological polar surface area (TPSA) is 108 Å². The Morgan fingerprint density at radius 2 is 1.95 bits per heavy atom. The second kappa shape index (κ2) is 10.2. The van der Waals surface area contributed by atoms with Crippen LogP contribution in [0.15, 0.2) is 42.5 Å². The van der Waals surface area contributed by atoms with Crippen LogP contribution < -0.4 is 10.6 Å². The second-order valence-electron chi connectivity index (χ2n) is 9.03. The molecule has 1 aliphatic carbocycles. The van der Waals surface area contributed by atoms with Gasteiger partial charge in [-0.1, -0.05) is 29.8 Å². The van der Waals surface area contributed by atoms with Gasteiger partial charge in [0.25, 0.3) is 5.91 Å². The Labute approximate surface area is 220 Å². The fourth-order valence-corrected chi connectivity index (χ4v) is 4.81. The molecule has 0 bridgehead atoms. The van der Waals surface area contributed by atoms with E-state index in [1.807, 2.05) is 0 Å². The lowest BCUT2D eigenvalue weighted by atomic mass is 9.94. The summed E-state index contributed by atoms with van der Waals surface area (Å²) in [6.07, 6.45) is -5.45. The van der Waals surface area contributed by atoms with Gasteiger partial charge in [0.1, 0.15) is 12.6 Å². The normalized spacial score (nSPS) is 19.3. The Hall–Kier alpha value is -3.80. The highest BCUT2D eigenvalue weighted by Crippen LogP contribution is 2.46. The van der Waals surface area contributed by atoms with Crippen molar-refractivity contribution in [3.8, 4) is 0 Å². The molecule has 2 aliphatic rings. The van der Waals surface area contributed by atoms with Crippen molar-refractivity contribution in [3.05, 3.63) is 64.2 Å². The smallest absolute Gasteiger partial charge is 0.418 e. The minimum absolute atomic E-state index is 0.0895. The molecular formula is C25H24ClF3N4O5. The van der Waals surface area contributed by atoms with E-state index in [4.69, 9.17) is 16.3 Å². The van der Waals surface area contributed by atoms with Gasteiger partial charge in [0.2, 0.25) is 11.5 Å². The number of rotatable bonds is 6. The zero-order valence-electron chi connectivity index (χ0n) is 20.4. The van der Waals surface area contributed by atoms with E-state index >= 15 is 0 Å². The monoisotopic (exact) mass is 552 g/mol. The number of carbonyl (C=O) groups excluding carboxylic acids is 4. The van der Waals surface area contributed by atoms with Gasteiger partial charge in [-0.2, -0.15) is 13.2 Å². The highest BCUT2D eigenvalue weighted by molar-refractivity contribution is 6.30. The summed E-state index contributed by atoms with van der Waals surface area (Å²) in [4.78, 5) is 52.0. The van der Waals surface area contributed by atoms with Gasteiger partial charge < -0.3 is 20.3 Å². The number of aryl methyl sites for hydroxylation is 1. The molecule has 2 atom stereocenters. The predicted molar refractivity (Wildman–Crippen MR) is 130 cm³/mol. The highest BCUT2D eigenvalue weighted by Gasteiger charge is 2.58. The van der Waals surface area contributed by atoms with Crippen molar-refractivity contribution in [1.82, 2.24) is 15.1 Å². The van der Waals surface area contributed by atoms with E-state index in [0.29, 0.717) is 38.6 Å². The fraction of sp³-hybridized carbons (Fsp3) is 0.360. The summed E-state index contributed by atoms with van der Waals surface area (Å²) >= 11 is 5.94. The number of nitrogens with zero attached hydrogens (tertiary/aromatic N) is 2. The van der Waals surface area contributed by atoms with E-state index in [2.05, 4.69) is 10.6 Å². The molecule has 1 fully saturated rings. The van der Waals surface area contributed by atoms with E-state index in [-0.39, 0.29) is 11.4 Å². The first-order chi connectivity index (χ1) is 17.9. The van der Waals surface area contributed by atoms with Crippen molar-refractivity contribution >= 4 is 41.2 Å². The Kier molecular flexibility index (Phi) is 7.29. The van der Waals surface area contributed by atoms with Gasteiger partial charge in [-0.05, 0) is 48.7 Å². The molecule has 1 unspecified atom stereocenters. The number of hydrogen-bond acceptors (Lipinski definition) is 5. The lowest BCUT2D eigenvalue weighted by Gasteiger charge is -2.31. The fourth-order valence-electron chi connectivity index (χ4n) is 4.60. The number of imide groups is 1. The standard InChI is InChI=1S/C25H24ClF3N4O5/c1-14(25(27,28)29)32(12-15-4-3-5-17(26)10-15)20(34)13-33-21(35)24(38-23(33)37)9-8-16-11-18(6-7-19(16)24)31-22(36)30-2/h3-7,10-11,14H,8-9,12-13H2,1-2H3,(H2,30,31,36)/t14-,24?/m0/s1. The molecule has 1 heterocycles. The van der Waals surface area contributed by atoms with Crippen LogP contribution >= 0.6 is 11.6 Å². The molecule has 1 aliphatic heterocycles. The molecule has 1 saturated heterocycles. The van der Waals surface area contributed by atoms with E-state index in [1.165, 1.54) is 31.3 Å². The lowest BCUT2D eigenvalue weighted by molar-refractivity contribution is -0.187. The van der Waals surface area contributed by atoms with Crippen LogP contribution in [0.1, 0.15) is 30.0 Å². The Morgan fingerprint density at radius 3 is 2.61 bits per heavy atom. The Bertz CT molecular complexity index is 1300. The minimum atomic E-state index is -4.75. The summed E-state index contributed by atoms with van der Waals surface area (Å²) in [6, 6.07) is 8.11. The molecular weight excluding hydrogens is 529 g/mol. The number of benzene rings is 2. The summed E-state index contributed by atoms with van der Waals surface area (Å²) < 4.78 is 46.4. The zero-order chi connectivity index (χ0) is 27.8. The molecule has 0 radical (unpaired) electrons. The third-order valence-corrected chi connectivity index (χ3v) is 6.88. The van der Waals surface area contributed by atoms with E-state index in [1.54, 1.807) is 18.2 Å². The first kappa shape index (κ1) is 27.2. The molecule has 0 aromatic heterocycles. The Balaban J connectivity index is 1.57. The van der Waals surface area contributed by atoms with Crippen LogP contribution in [0.5, 0.6) is 0 Å². The second-order valence-corrected chi connectivity index (χ2v) is 9.47. The minimum Gasteiger partial charge on any atom is -0.427 e. The highest BCUT2D eigenvalue weighted by atomic mass is 35.5. The third-order valence-electron chi connectivity index (χ3n) is 6.64. The molecule has 9 nitrogen and oxygen atoms in total. The maximum absolute atomic E-state index is 13.6. The van der Waals surface area contributed by atoms with Crippen molar-refractivity contribution in [2.75, 3.05) is 18.9 Å². The van der Waals surface area contributed by atoms with Crippen LogP contribution in [-0.4, -0.2) is 59.5 Å². The first-order valence-corrected chi connectivity index (χ1v) is 12.0. The molecule has 202 valence electrons. The van der Waals surface area contributed by atoms with Crippen LogP contribution in [0.4, 0.5) is 28.4 Å². The molecule has 2 aromatic rings. The predicted octanol–water partition coefficient (Wildman–Crippen LogP) is 4.19. The summed E-state index contributed by atoms with van der Waals surface area (Å²) in [5, 5.41) is 5.31. The van der Waals surface area contributed by atoms with Crippen LogP contribution in [0.3, 0.4) is 0 Å². The number of nitrogens with one attached hydrogen (secondary N) is 2. The SMILES string of the molecule is CNC(=O)Nc1ccc2c(c1)CCC21OC(=O)N(CC(=O)N(Cc2cccc(Cl)c2)[C@@H](C)C(F)(F)F)C1=O. The maximum Gasteiger partial charge on any atom is 0.418 e. The van der Waals surface area contributed by atoms with E-state index in [9.17, 15) is 32.3 Å².